The van der Waals surface area contributed by atoms with Crippen LogP contribution in [0.15, 0.2) is 42.6 Å². The molecule has 0 saturated carbocycles. The minimum absolute atomic E-state index is 0.00392. The Morgan fingerprint density at radius 2 is 1.93 bits per heavy atom. The zero-order valence-corrected chi connectivity index (χ0v) is 16.8. The van der Waals surface area contributed by atoms with Crippen LogP contribution in [-0.2, 0) is 30.5 Å². The lowest BCUT2D eigenvalue weighted by Gasteiger charge is -2.39. The van der Waals surface area contributed by atoms with E-state index in [-0.39, 0.29) is 36.3 Å². The Kier molecular flexibility index (Phi) is 8.23. The average molecular weight is 387 g/mol. The number of esters is 2. The number of rotatable bonds is 9. The maximum atomic E-state index is 12.9. The van der Waals surface area contributed by atoms with Crippen LogP contribution in [0.1, 0.15) is 45.1 Å². The molecule has 0 fully saturated rings. The van der Waals surface area contributed by atoms with Crippen molar-refractivity contribution in [3.05, 3.63) is 48.2 Å². The molecule has 1 aliphatic rings. The molecular weight excluding hydrogens is 358 g/mol. The molecule has 0 saturated heterocycles. The molecule has 0 radical (unpaired) electrons. The number of ketones is 1. The Morgan fingerprint density at radius 3 is 2.57 bits per heavy atom. The SMILES string of the molecule is COC(=O)CCC[C@@H]1CC(=O)C=CN1[C@H](C(=O)OCc1ccccc1)C(C)C. The molecule has 0 aliphatic carbocycles. The van der Waals surface area contributed by atoms with Crippen molar-refractivity contribution in [2.75, 3.05) is 7.11 Å². The summed E-state index contributed by atoms with van der Waals surface area (Å²) in [5, 5.41) is 0. The molecule has 0 bridgehead atoms. The lowest BCUT2D eigenvalue weighted by molar-refractivity contribution is -0.154. The molecule has 1 heterocycles. The van der Waals surface area contributed by atoms with Crippen molar-refractivity contribution in [3.63, 3.8) is 0 Å². The summed E-state index contributed by atoms with van der Waals surface area (Å²) in [5.74, 6) is -0.550. The molecule has 152 valence electrons. The first-order valence-corrected chi connectivity index (χ1v) is 9.68. The number of allylic oxidation sites excluding steroid dienone is 1. The number of methoxy groups -OCH3 is 1. The van der Waals surface area contributed by atoms with Gasteiger partial charge in [-0.3, -0.25) is 9.59 Å². The summed E-state index contributed by atoms with van der Waals surface area (Å²) in [7, 11) is 1.36. The van der Waals surface area contributed by atoms with Crippen LogP contribution in [0.25, 0.3) is 0 Å². The summed E-state index contributed by atoms with van der Waals surface area (Å²) in [5.41, 5.74) is 0.928. The van der Waals surface area contributed by atoms with Crippen molar-refractivity contribution < 1.29 is 23.9 Å². The third kappa shape index (κ3) is 6.22. The maximum absolute atomic E-state index is 12.9. The van der Waals surface area contributed by atoms with Gasteiger partial charge in [0.1, 0.15) is 12.6 Å². The van der Waals surface area contributed by atoms with Gasteiger partial charge < -0.3 is 14.4 Å². The molecule has 0 unspecified atom stereocenters. The van der Waals surface area contributed by atoms with Crippen molar-refractivity contribution in [1.29, 1.82) is 0 Å². The van der Waals surface area contributed by atoms with Crippen molar-refractivity contribution >= 4 is 17.7 Å². The van der Waals surface area contributed by atoms with Crippen LogP contribution in [0.4, 0.5) is 0 Å². The van der Waals surface area contributed by atoms with Crippen molar-refractivity contribution in [2.45, 2.75) is 58.2 Å². The lowest BCUT2D eigenvalue weighted by atomic mass is 9.93. The number of ether oxygens (including phenoxy) is 2. The van der Waals surface area contributed by atoms with E-state index in [0.29, 0.717) is 25.7 Å². The summed E-state index contributed by atoms with van der Waals surface area (Å²) in [6.07, 6.45) is 5.05. The lowest BCUT2D eigenvalue weighted by Crippen LogP contribution is -2.49. The van der Waals surface area contributed by atoms with Crippen molar-refractivity contribution in [1.82, 2.24) is 4.90 Å². The zero-order valence-electron chi connectivity index (χ0n) is 16.8. The second-order valence-electron chi connectivity index (χ2n) is 7.34. The van der Waals surface area contributed by atoms with E-state index in [9.17, 15) is 14.4 Å². The summed E-state index contributed by atoms with van der Waals surface area (Å²) in [6, 6.07) is 8.91. The van der Waals surface area contributed by atoms with Crippen LogP contribution in [0.3, 0.4) is 0 Å². The smallest absolute Gasteiger partial charge is 0.329 e. The first-order chi connectivity index (χ1) is 13.4. The number of carbonyl (C=O) groups excluding carboxylic acids is 3. The Labute approximate surface area is 166 Å². The van der Waals surface area contributed by atoms with Gasteiger partial charge in [-0.05, 0) is 30.4 Å². The van der Waals surface area contributed by atoms with Crippen LogP contribution >= 0.6 is 0 Å². The standard InChI is InChI=1S/C22H29NO5/c1-16(2)21(22(26)28-15-17-8-5-4-6-9-17)23-13-12-19(24)14-18(23)10-7-11-20(25)27-3/h4-6,8-9,12-13,16,18,21H,7,10-11,14-15H2,1-3H3/t18-,21+/m1/s1. The van der Waals surface area contributed by atoms with E-state index in [1.54, 1.807) is 6.20 Å². The van der Waals surface area contributed by atoms with Gasteiger partial charge in [0.05, 0.1) is 7.11 Å². The third-order valence-electron chi connectivity index (χ3n) is 4.86. The van der Waals surface area contributed by atoms with Gasteiger partial charge in [0.15, 0.2) is 5.78 Å². The highest BCUT2D eigenvalue weighted by molar-refractivity contribution is 5.91. The number of benzene rings is 1. The Bertz CT molecular complexity index is 698. The molecule has 6 heteroatoms. The quantitative estimate of drug-likeness (QED) is 0.606. The topological polar surface area (TPSA) is 72.9 Å². The molecule has 28 heavy (non-hydrogen) atoms. The fourth-order valence-electron chi connectivity index (χ4n) is 3.40. The fourth-order valence-corrected chi connectivity index (χ4v) is 3.40. The van der Waals surface area contributed by atoms with Gasteiger partial charge >= 0.3 is 11.9 Å². The van der Waals surface area contributed by atoms with Gasteiger partial charge in [-0.1, -0.05) is 44.2 Å². The Morgan fingerprint density at radius 1 is 1.21 bits per heavy atom. The summed E-state index contributed by atoms with van der Waals surface area (Å²) >= 11 is 0. The van der Waals surface area contributed by atoms with Gasteiger partial charge in [-0.2, -0.15) is 0 Å². The van der Waals surface area contributed by atoms with Gasteiger partial charge in [-0.15, -0.1) is 0 Å². The van der Waals surface area contributed by atoms with Crippen LogP contribution in [0.2, 0.25) is 0 Å². The van der Waals surface area contributed by atoms with E-state index in [2.05, 4.69) is 4.74 Å². The first kappa shape index (κ1) is 21.7. The second kappa shape index (κ2) is 10.6. The molecule has 0 spiro atoms. The van der Waals surface area contributed by atoms with Gasteiger partial charge in [0.25, 0.3) is 0 Å². The maximum Gasteiger partial charge on any atom is 0.329 e. The number of hydrogen-bond acceptors (Lipinski definition) is 6. The Hall–Kier alpha value is -2.63. The molecular formula is C22H29NO5. The summed E-state index contributed by atoms with van der Waals surface area (Å²) in [6.45, 7) is 4.14. The van der Waals surface area contributed by atoms with Crippen molar-refractivity contribution in [3.8, 4) is 0 Å². The van der Waals surface area contributed by atoms with Crippen LogP contribution in [0, 0.1) is 5.92 Å². The van der Waals surface area contributed by atoms with E-state index < -0.39 is 6.04 Å². The normalized spacial score (nSPS) is 17.5. The van der Waals surface area contributed by atoms with Crippen LogP contribution < -0.4 is 0 Å². The second-order valence-corrected chi connectivity index (χ2v) is 7.34. The Balaban J connectivity index is 2.06. The predicted molar refractivity (Wildman–Crippen MR) is 105 cm³/mol. The highest BCUT2D eigenvalue weighted by Gasteiger charge is 2.35. The van der Waals surface area contributed by atoms with Gasteiger partial charge in [0, 0.05) is 25.1 Å². The predicted octanol–water partition coefficient (Wildman–Crippen LogP) is 3.25. The highest BCUT2D eigenvalue weighted by Crippen LogP contribution is 2.25. The molecule has 2 atom stereocenters. The van der Waals surface area contributed by atoms with E-state index in [1.165, 1.54) is 13.2 Å². The third-order valence-corrected chi connectivity index (χ3v) is 4.86. The fraction of sp³-hybridized carbons (Fsp3) is 0.500. The number of nitrogens with zero attached hydrogens (tertiary/aromatic N) is 1. The molecule has 0 amide bonds. The minimum atomic E-state index is -0.490. The van der Waals surface area contributed by atoms with Gasteiger partial charge in [0.2, 0.25) is 0 Å². The first-order valence-electron chi connectivity index (χ1n) is 9.68. The molecule has 2 rings (SSSR count). The average Bonchev–Trinajstić information content (AvgIpc) is 2.68. The number of carbonyl (C=O) groups is 3. The summed E-state index contributed by atoms with van der Waals surface area (Å²) in [4.78, 5) is 38.1. The zero-order chi connectivity index (χ0) is 20.5. The number of hydrogen-bond donors (Lipinski definition) is 0. The van der Waals surface area contributed by atoms with Crippen LogP contribution in [0.5, 0.6) is 0 Å². The molecule has 1 aliphatic heterocycles. The van der Waals surface area contributed by atoms with E-state index in [0.717, 1.165) is 5.56 Å². The van der Waals surface area contributed by atoms with Crippen LogP contribution in [-0.4, -0.2) is 41.8 Å². The monoisotopic (exact) mass is 387 g/mol. The molecule has 6 nitrogen and oxygen atoms in total. The molecule has 1 aromatic carbocycles. The van der Waals surface area contributed by atoms with Gasteiger partial charge in [-0.25, -0.2) is 4.79 Å². The summed E-state index contributed by atoms with van der Waals surface area (Å²) < 4.78 is 10.2. The van der Waals surface area contributed by atoms with Crippen molar-refractivity contribution in [2.24, 2.45) is 5.92 Å². The molecule has 0 N–H and O–H groups in total. The van der Waals surface area contributed by atoms with E-state index in [4.69, 9.17) is 4.74 Å². The molecule has 0 aromatic heterocycles. The minimum Gasteiger partial charge on any atom is -0.469 e. The molecule has 1 aromatic rings. The van der Waals surface area contributed by atoms with E-state index >= 15 is 0 Å². The highest BCUT2D eigenvalue weighted by atomic mass is 16.5. The van der Waals surface area contributed by atoms with E-state index in [1.807, 2.05) is 49.1 Å². The largest absolute Gasteiger partial charge is 0.469 e.